The molecule has 1 aliphatic heterocycles. The minimum absolute atomic E-state index is 0.0883. The molecule has 0 spiro atoms. The minimum Gasteiger partial charge on any atom is -0.492 e. The van der Waals surface area contributed by atoms with Gasteiger partial charge in [-0.2, -0.15) is 5.26 Å². The maximum atomic E-state index is 12.7. The lowest BCUT2D eigenvalue weighted by Gasteiger charge is -2.33. The molecule has 210 valence electrons. The van der Waals surface area contributed by atoms with Crippen LogP contribution in [0.25, 0.3) is 0 Å². The Morgan fingerprint density at radius 1 is 1.25 bits per heavy atom. The van der Waals surface area contributed by atoms with Crippen LogP contribution in [0.5, 0.6) is 17.4 Å². The van der Waals surface area contributed by atoms with Crippen molar-refractivity contribution in [2.45, 2.75) is 32.7 Å². The second kappa shape index (κ2) is 13.4. The highest BCUT2D eigenvalue weighted by atomic mass is 35.5. The Hall–Kier alpha value is -4.00. The van der Waals surface area contributed by atoms with Crippen LogP contribution in [-0.4, -0.2) is 49.6 Å². The number of fused-ring (bicyclic) bond motifs is 1. The standard InChI is InChI=1S/C30H35ClN6O3/c1-5-39-27-16-25-22(15-26(27)35-28(38)9-7-13-37(3)4)29(20(17-32)18-34-25)36-24-11-10-21(14-23(24)31)40-30-19(2)8-6-12-33-30/h6,8,10-12,14-16,20,29,34,36H,5,7,9,13,18H2,1-4H3,(H,35,38). The van der Waals surface area contributed by atoms with Gasteiger partial charge in [-0.25, -0.2) is 4.98 Å². The van der Waals surface area contributed by atoms with E-state index in [2.05, 4.69) is 27.0 Å². The quantitative estimate of drug-likeness (QED) is 0.252. The van der Waals surface area contributed by atoms with E-state index in [0.717, 1.165) is 29.8 Å². The zero-order valence-corrected chi connectivity index (χ0v) is 24.0. The van der Waals surface area contributed by atoms with Crippen molar-refractivity contribution >= 4 is 34.6 Å². The van der Waals surface area contributed by atoms with Gasteiger partial charge in [-0.1, -0.05) is 17.7 Å². The number of benzene rings is 2. The summed E-state index contributed by atoms with van der Waals surface area (Å²) >= 11 is 6.67. The molecule has 2 atom stereocenters. The summed E-state index contributed by atoms with van der Waals surface area (Å²) in [5.41, 5.74) is 3.82. The van der Waals surface area contributed by atoms with Gasteiger partial charge in [0.2, 0.25) is 11.8 Å². The maximum absolute atomic E-state index is 12.7. The van der Waals surface area contributed by atoms with Gasteiger partial charge in [-0.15, -0.1) is 0 Å². The van der Waals surface area contributed by atoms with Crippen LogP contribution in [-0.2, 0) is 4.79 Å². The largest absolute Gasteiger partial charge is 0.492 e. The third-order valence-corrected chi connectivity index (χ3v) is 6.89. The average Bonchev–Trinajstić information content (AvgIpc) is 2.92. The highest BCUT2D eigenvalue weighted by molar-refractivity contribution is 6.33. The number of aryl methyl sites for hydroxylation is 1. The molecule has 0 saturated heterocycles. The Labute approximate surface area is 240 Å². The number of halogens is 1. The number of anilines is 3. The fourth-order valence-corrected chi connectivity index (χ4v) is 4.76. The molecule has 0 saturated carbocycles. The van der Waals surface area contributed by atoms with Gasteiger partial charge in [-0.05, 0) is 65.2 Å². The van der Waals surface area contributed by atoms with Crippen LogP contribution < -0.4 is 25.4 Å². The van der Waals surface area contributed by atoms with Crippen LogP contribution in [0, 0.1) is 24.2 Å². The maximum Gasteiger partial charge on any atom is 0.224 e. The molecule has 2 unspecified atom stereocenters. The van der Waals surface area contributed by atoms with Gasteiger partial charge in [0.1, 0.15) is 11.5 Å². The monoisotopic (exact) mass is 562 g/mol. The molecule has 10 heteroatoms. The molecule has 0 bridgehead atoms. The number of hydrogen-bond acceptors (Lipinski definition) is 8. The van der Waals surface area contributed by atoms with E-state index >= 15 is 0 Å². The summed E-state index contributed by atoms with van der Waals surface area (Å²) in [5.74, 6) is 1.16. The van der Waals surface area contributed by atoms with Gasteiger partial charge in [0.25, 0.3) is 0 Å². The SMILES string of the molecule is CCOc1cc2c(cc1NC(=O)CCCN(C)C)C(Nc1ccc(Oc3ncccc3C)cc1Cl)C(C#N)CN2. The number of pyridine rings is 1. The summed E-state index contributed by atoms with van der Waals surface area (Å²) < 4.78 is 11.8. The number of nitrogens with zero attached hydrogens (tertiary/aromatic N) is 3. The summed E-state index contributed by atoms with van der Waals surface area (Å²) in [5, 5.41) is 20.2. The van der Waals surface area contributed by atoms with Gasteiger partial charge >= 0.3 is 0 Å². The predicted octanol–water partition coefficient (Wildman–Crippen LogP) is 6.23. The van der Waals surface area contributed by atoms with Gasteiger partial charge in [-0.3, -0.25) is 4.79 Å². The van der Waals surface area contributed by atoms with Crippen molar-refractivity contribution in [1.82, 2.24) is 9.88 Å². The van der Waals surface area contributed by atoms with Crippen molar-refractivity contribution in [3.8, 4) is 23.4 Å². The van der Waals surface area contributed by atoms with Crippen LogP contribution in [0.15, 0.2) is 48.7 Å². The molecule has 1 amide bonds. The van der Waals surface area contributed by atoms with Crippen molar-refractivity contribution in [1.29, 1.82) is 5.26 Å². The molecule has 2 heterocycles. The number of carbonyl (C=O) groups excluding carboxylic acids is 1. The third-order valence-electron chi connectivity index (χ3n) is 6.58. The molecule has 3 aromatic rings. The first kappa shape index (κ1) is 29.0. The number of amides is 1. The Bertz CT molecular complexity index is 1390. The van der Waals surface area contributed by atoms with Gasteiger partial charge in [0.05, 0.1) is 41.0 Å². The molecule has 3 N–H and O–H groups in total. The zero-order chi connectivity index (χ0) is 28.6. The van der Waals surface area contributed by atoms with Crippen LogP contribution in [0.1, 0.15) is 36.9 Å². The van der Waals surface area contributed by atoms with Crippen molar-refractivity contribution in [2.24, 2.45) is 5.92 Å². The lowest BCUT2D eigenvalue weighted by molar-refractivity contribution is -0.116. The topological polar surface area (TPSA) is 112 Å². The fraction of sp³-hybridized carbons (Fsp3) is 0.367. The number of rotatable bonds is 11. The zero-order valence-electron chi connectivity index (χ0n) is 23.3. The molecule has 40 heavy (non-hydrogen) atoms. The smallest absolute Gasteiger partial charge is 0.224 e. The number of aromatic nitrogens is 1. The summed E-state index contributed by atoms with van der Waals surface area (Å²) in [6, 6.07) is 14.9. The number of hydrogen-bond donors (Lipinski definition) is 3. The first-order valence-electron chi connectivity index (χ1n) is 13.3. The van der Waals surface area contributed by atoms with Gasteiger partial charge in [0, 0.05) is 48.1 Å². The number of ether oxygens (including phenoxy) is 2. The van der Waals surface area contributed by atoms with E-state index in [1.54, 1.807) is 12.3 Å². The summed E-state index contributed by atoms with van der Waals surface area (Å²) in [4.78, 5) is 19.1. The fourth-order valence-electron chi connectivity index (χ4n) is 4.53. The highest BCUT2D eigenvalue weighted by Gasteiger charge is 2.32. The summed E-state index contributed by atoms with van der Waals surface area (Å²) in [6.07, 6.45) is 2.81. The van der Waals surface area contributed by atoms with Crippen molar-refractivity contribution < 1.29 is 14.3 Å². The van der Waals surface area contributed by atoms with E-state index in [4.69, 9.17) is 21.1 Å². The number of nitriles is 1. The van der Waals surface area contributed by atoms with E-state index in [0.29, 0.717) is 53.3 Å². The van der Waals surface area contributed by atoms with E-state index in [-0.39, 0.29) is 11.9 Å². The Morgan fingerprint density at radius 2 is 2.08 bits per heavy atom. The van der Waals surface area contributed by atoms with E-state index in [1.807, 2.05) is 69.2 Å². The number of carbonyl (C=O) groups is 1. The second-order valence-electron chi connectivity index (χ2n) is 9.93. The molecule has 0 fully saturated rings. The molecule has 1 aromatic heterocycles. The Kier molecular flexibility index (Phi) is 9.70. The van der Waals surface area contributed by atoms with E-state index in [1.165, 1.54) is 0 Å². The molecule has 1 aliphatic rings. The Balaban J connectivity index is 1.59. The molecule has 4 rings (SSSR count). The van der Waals surface area contributed by atoms with E-state index in [9.17, 15) is 10.1 Å². The first-order chi connectivity index (χ1) is 19.3. The molecule has 0 radical (unpaired) electrons. The number of nitrogens with one attached hydrogen (secondary N) is 3. The van der Waals surface area contributed by atoms with Gasteiger partial charge < -0.3 is 30.3 Å². The third kappa shape index (κ3) is 7.14. The van der Waals surface area contributed by atoms with Crippen molar-refractivity contribution in [3.05, 3.63) is 64.8 Å². The van der Waals surface area contributed by atoms with Crippen LogP contribution in [0.2, 0.25) is 5.02 Å². The first-order valence-corrected chi connectivity index (χ1v) is 13.7. The predicted molar refractivity (Wildman–Crippen MR) is 158 cm³/mol. The summed E-state index contributed by atoms with van der Waals surface area (Å²) in [6.45, 7) is 5.54. The summed E-state index contributed by atoms with van der Waals surface area (Å²) in [7, 11) is 3.96. The highest BCUT2D eigenvalue weighted by Crippen LogP contribution is 2.43. The minimum atomic E-state index is -0.391. The lowest BCUT2D eigenvalue weighted by atomic mass is 9.88. The molecule has 9 nitrogen and oxygen atoms in total. The van der Waals surface area contributed by atoms with Crippen molar-refractivity contribution in [3.63, 3.8) is 0 Å². The van der Waals surface area contributed by atoms with E-state index < -0.39 is 5.92 Å². The molecule has 2 aromatic carbocycles. The Morgan fingerprint density at radius 3 is 2.77 bits per heavy atom. The van der Waals surface area contributed by atoms with Crippen LogP contribution in [0.4, 0.5) is 17.1 Å². The lowest BCUT2D eigenvalue weighted by Crippen LogP contribution is -2.31. The van der Waals surface area contributed by atoms with Crippen molar-refractivity contribution in [2.75, 3.05) is 49.7 Å². The van der Waals surface area contributed by atoms with Gasteiger partial charge in [0.15, 0.2) is 0 Å². The van der Waals surface area contributed by atoms with Crippen LogP contribution in [0.3, 0.4) is 0 Å². The average molecular weight is 563 g/mol. The molecular formula is C30H35ClN6O3. The molecule has 0 aliphatic carbocycles. The van der Waals surface area contributed by atoms with Crippen LogP contribution >= 0.6 is 11.6 Å². The second-order valence-corrected chi connectivity index (χ2v) is 10.3. The normalized spacial score (nSPS) is 15.9. The molecular weight excluding hydrogens is 528 g/mol.